The van der Waals surface area contributed by atoms with Gasteiger partial charge in [0.25, 0.3) is 0 Å². The van der Waals surface area contributed by atoms with Crippen LogP contribution in [0.3, 0.4) is 0 Å². The van der Waals surface area contributed by atoms with Crippen LogP contribution < -0.4 is 21.6 Å². The van der Waals surface area contributed by atoms with Gasteiger partial charge in [0.15, 0.2) is 0 Å². The number of nitriles is 1. The maximum atomic E-state index is 13.8. The van der Waals surface area contributed by atoms with Crippen molar-refractivity contribution in [1.29, 1.82) is 5.26 Å². The highest BCUT2D eigenvalue weighted by molar-refractivity contribution is 6.36. The molecule has 0 bridgehead atoms. The molecule has 2 heterocycles. The normalized spacial score (nSPS) is 19.5. The standard InChI is InChI=1S/C27H26BClFN7/c1-2-26(9-10-26)34-24-16(13-31)14-32-25-21(24)11-19(12-22(25)29)33-27(28,17-3-5-18(30)6-4-17)23-15-37(36-35-23)20-7-8-20/h3-6,11-12,14-15,20,33,35-36H,2,7-10H2,1H3,(H,32,34). The van der Waals surface area contributed by atoms with Crippen molar-refractivity contribution in [3.63, 3.8) is 0 Å². The lowest BCUT2D eigenvalue weighted by molar-refractivity contribution is 0.260. The fraction of sp³-hybridized carbons (Fsp3) is 0.333. The number of nitrogens with one attached hydrogen (secondary N) is 4. The third-order valence-electron chi connectivity index (χ3n) is 7.56. The van der Waals surface area contributed by atoms with Gasteiger partial charge in [-0.15, -0.1) is 5.53 Å². The molecule has 4 N–H and O–H groups in total. The van der Waals surface area contributed by atoms with E-state index in [-0.39, 0.29) is 11.4 Å². The molecular weight excluding hydrogens is 488 g/mol. The maximum absolute atomic E-state index is 13.8. The summed E-state index contributed by atoms with van der Waals surface area (Å²) in [6.45, 7) is 2.14. The van der Waals surface area contributed by atoms with E-state index in [0.717, 1.165) is 43.2 Å². The van der Waals surface area contributed by atoms with E-state index in [1.807, 2.05) is 17.3 Å². The number of aromatic nitrogens is 1. The lowest BCUT2D eigenvalue weighted by Gasteiger charge is -2.34. The van der Waals surface area contributed by atoms with Gasteiger partial charge in [-0.05, 0) is 61.9 Å². The molecule has 0 amide bonds. The number of rotatable bonds is 8. The van der Waals surface area contributed by atoms with Crippen LogP contribution in [-0.4, -0.2) is 29.4 Å². The van der Waals surface area contributed by atoms with Crippen LogP contribution in [-0.2, 0) is 5.44 Å². The number of halogens is 2. The molecule has 2 aromatic carbocycles. The molecule has 0 spiro atoms. The Hall–Kier alpha value is -3.48. The van der Waals surface area contributed by atoms with E-state index in [1.54, 1.807) is 24.4 Å². The SMILES string of the molecule is [B]C(Nc1cc(Cl)c2ncc(C#N)c(NC3(CC)CC3)c2c1)(C1=CN(C2CC2)NN1)c1ccc(F)cc1. The van der Waals surface area contributed by atoms with Gasteiger partial charge in [-0.25, -0.2) is 4.39 Å². The van der Waals surface area contributed by atoms with E-state index >= 15 is 0 Å². The Morgan fingerprint density at radius 2 is 2.05 bits per heavy atom. The summed E-state index contributed by atoms with van der Waals surface area (Å²) in [4.78, 5) is 4.47. The first-order valence-electron chi connectivity index (χ1n) is 12.5. The van der Waals surface area contributed by atoms with Gasteiger partial charge in [-0.2, -0.15) is 5.26 Å². The Labute approximate surface area is 221 Å². The Morgan fingerprint density at radius 3 is 2.70 bits per heavy atom. The second-order valence-electron chi connectivity index (χ2n) is 10.1. The van der Waals surface area contributed by atoms with Gasteiger partial charge in [0.1, 0.15) is 19.7 Å². The van der Waals surface area contributed by atoms with Crippen LogP contribution in [0.15, 0.2) is 54.5 Å². The number of fused-ring (bicyclic) bond motifs is 1. The summed E-state index contributed by atoms with van der Waals surface area (Å²) < 4.78 is 13.8. The summed E-state index contributed by atoms with van der Waals surface area (Å²) in [5, 5.41) is 20.0. The monoisotopic (exact) mass is 513 g/mol. The highest BCUT2D eigenvalue weighted by atomic mass is 35.5. The van der Waals surface area contributed by atoms with Crippen molar-refractivity contribution in [2.75, 3.05) is 10.6 Å². The molecule has 0 saturated heterocycles. The molecule has 2 aliphatic carbocycles. The van der Waals surface area contributed by atoms with Crippen LogP contribution in [0.4, 0.5) is 15.8 Å². The van der Waals surface area contributed by atoms with E-state index in [1.165, 1.54) is 12.1 Å². The number of hydrazine groups is 2. The summed E-state index contributed by atoms with van der Waals surface area (Å²) in [6, 6.07) is 12.5. The van der Waals surface area contributed by atoms with Gasteiger partial charge >= 0.3 is 0 Å². The topological polar surface area (TPSA) is 88.0 Å². The Bertz CT molecular complexity index is 1450. The number of hydrogen-bond donors (Lipinski definition) is 4. The van der Waals surface area contributed by atoms with Gasteiger partial charge in [0.05, 0.1) is 32.9 Å². The van der Waals surface area contributed by atoms with Gasteiger partial charge < -0.3 is 16.1 Å². The fourth-order valence-corrected chi connectivity index (χ4v) is 5.12. The lowest BCUT2D eigenvalue weighted by atomic mass is 9.69. The highest BCUT2D eigenvalue weighted by Gasteiger charge is 2.42. The number of benzene rings is 2. The van der Waals surface area contributed by atoms with Gasteiger partial charge in [-0.3, -0.25) is 9.99 Å². The zero-order valence-corrected chi connectivity index (χ0v) is 21.2. The van der Waals surface area contributed by atoms with Crippen molar-refractivity contribution >= 4 is 41.7 Å². The smallest absolute Gasteiger partial charge is 0.123 e. The van der Waals surface area contributed by atoms with Crippen LogP contribution in [0.2, 0.25) is 5.02 Å². The number of hydrogen-bond acceptors (Lipinski definition) is 7. The van der Waals surface area contributed by atoms with Crippen molar-refractivity contribution in [3.8, 4) is 6.07 Å². The first-order valence-corrected chi connectivity index (χ1v) is 12.9. The average molecular weight is 514 g/mol. The predicted molar refractivity (Wildman–Crippen MR) is 144 cm³/mol. The fourth-order valence-electron chi connectivity index (χ4n) is 4.85. The summed E-state index contributed by atoms with van der Waals surface area (Å²) >= 11 is 6.72. The number of nitrogens with zero attached hydrogens (tertiary/aromatic N) is 3. The number of pyridine rings is 1. The van der Waals surface area contributed by atoms with Crippen LogP contribution >= 0.6 is 11.6 Å². The summed E-state index contributed by atoms with van der Waals surface area (Å²) in [7, 11) is 7.05. The summed E-state index contributed by atoms with van der Waals surface area (Å²) in [6.07, 6.45) is 8.75. The van der Waals surface area contributed by atoms with Crippen molar-refractivity contribution in [3.05, 3.63) is 76.5 Å². The molecule has 2 radical (unpaired) electrons. The van der Waals surface area contributed by atoms with Crippen molar-refractivity contribution in [2.24, 2.45) is 0 Å². The molecule has 1 aliphatic heterocycles. The average Bonchev–Trinajstić information content (AvgIpc) is 3.83. The van der Waals surface area contributed by atoms with Gasteiger partial charge in [0, 0.05) is 35.1 Å². The highest BCUT2D eigenvalue weighted by Crippen LogP contribution is 2.45. The van der Waals surface area contributed by atoms with Crippen molar-refractivity contribution in [2.45, 2.75) is 56.0 Å². The van der Waals surface area contributed by atoms with Crippen molar-refractivity contribution in [1.82, 2.24) is 21.0 Å². The Kier molecular flexibility index (Phi) is 5.70. The first-order chi connectivity index (χ1) is 17.8. The molecule has 1 atom stereocenters. The van der Waals surface area contributed by atoms with Crippen molar-refractivity contribution < 1.29 is 4.39 Å². The molecule has 2 saturated carbocycles. The minimum absolute atomic E-state index is 0.0158. The van der Waals surface area contributed by atoms with E-state index in [4.69, 9.17) is 19.4 Å². The molecule has 6 rings (SSSR count). The largest absolute Gasteiger partial charge is 0.378 e. The van der Waals surface area contributed by atoms with Gasteiger partial charge in [-0.1, -0.05) is 30.7 Å². The van der Waals surface area contributed by atoms with E-state index < -0.39 is 5.44 Å². The molecule has 2 fully saturated rings. The zero-order chi connectivity index (χ0) is 25.8. The third kappa shape index (κ3) is 4.34. The van der Waals surface area contributed by atoms with E-state index in [2.05, 4.69) is 39.6 Å². The zero-order valence-electron chi connectivity index (χ0n) is 20.4. The quantitative estimate of drug-likeness (QED) is 0.315. The molecular formula is C27H26BClFN7. The summed E-state index contributed by atoms with van der Waals surface area (Å²) in [5.74, 6) is -0.346. The maximum Gasteiger partial charge on any atom is 0.123 e. The second kappa shape index (κ2) is 8.82. The van der Waals surface area contributed by atoms with E-state index in [9.17, 15) is 9.65 Å². The van der Waals surface area contributed by atoms with Crippen LogP contribution in [0, 0.1) is 17.1 Å². The van der Waals surface area contributed by atoms with Crippen LogP contribution in [0.5, 0.6) is 0 Å². The molecule has 37 heavy (non-hydrogen) atoms. The van der Waals surface area contributed by atoms with E-state index in [0.29, 0.717) is 39.1 Å². The first kappa shape index (κ1) is 23.9. The third-order valence-corrected chi connectivity index (χ3v) is 7.85. The van der Waals surface area contributed by atoms with Crippen LogP contribution in [0.1, 0.15) is 50.2 Å². The molecule has 10 heteroatoms. The minimum Gasteiger partial charge on any atom is -0.378 e. The Balaban J connectivity index is 1.45. The Morgan fingerprint density at radius 1 is 1.30 bits per heavy atom. The minimum atomic E-state index is -1.24. The lowest BCUT2D eigenvalue weighted by Crippen LogP contribution is -2.45. The molecule has 3 aromatic rings. The summed E-state index contributed by atoms with van der Waals surface area (Å²) in [5.41, 5.74) is 8.85. The van der Waals surface area contributed by atoms with Gasteiger partial charge in [0.2, 0.25) is 0 Å². The molecule has 7 nitrogen and oxygen atoms in total. The number of anilines is 2. The van der Waals surface area contributed by atoms with Crippen LogP contribution in [0.25, 0.3) is 10.9 Å². The molecule has 1 aromatic heterocycles. The second-order valence-corrected chi connectivity index (χ2v) is 10.5. The molecule has 1 unspecified atom stereocenters. The molecule has 186 valence electrons. The molecule has 3 aliphatic rings. The predicted octanol–water partition coefficient (Wildman–Crippen LogP) is 5.02.